The topological polar surface area (TPSA) is 165 Å². The molecule has 0 aliphatic carbocycles. The van der Waals surface area contributed by atoms with Gasteiger partial charge < -0.3 is 36.0 Å². The maximum atomic E-state index is 12.9. The Kier molecular flexibility index (Phi) is 10.7. The third kappa shape index (κ3) is 8.88. The molecule has 0 aromatic heterocycles. The molecular weight excluding hydrogens is 537 g/mol. The molecule has 2 aromatic rings. The molecule has 1 aliphatic heterocycles. The van der Waals surface area contributed by atoms with E-state index in [9.17, 15) is 24.9 Å². The summed E-state index contributed by atoms with van der Waals surface area (Å²) in [6.07, 6.45) is 1.21. The van der Waals surface area contributed by atoms with E-state index in [1.807, 2.05) is 0 Å². The number of amides is 1. The van der Waals surface area contributed by atoms with Crippen LogP contribution in [0.3, 0.4) is 0 Å². The fourth-order valence-corrected chi connectivity index (χ4v) is 4.18. The molecule has 2 unspecified atom stereocenters. The van der Waals surface area contributed by atoms with Crippen LogP contribution in [0.5, 0.6) is 5.75 Å². The Morgan fingerprint density at radius 1 is 1.18 bits per heavy atom. The number of carbonyl (C=O) groups is 2. The third-order valence-corrected chi connectivity index (χ3v) is 6.11. The highest BCUT2D eigenvalue weighted by Crippen LogP contribution is 2.29. The molecule has 1 aliphatic rings. The lowest BCUT2D eigenvalue weighted by atomic mass is 10.00. The van der Waals surface area contributed by atoms with E-state index in [0.717, 1.165) is 0 Å². The first-order valence-electron chi connectivity index (χ1n) is 11.7. The van der Waals surface area contributed by atoms with Crippen molar-refractivity contribution in [2.45, 2.75) is 31.2 Å². The van der Waals surface area contributed by atoms with Gasteiger partial charge in [-0.1, -0.05) is 35.3 Å². The number of hydrogen-bond donors (Lipinski definition) is 6. The number of hydrogen-bond acceptors (Lipinski definition) is 7. The predicted octanol–water partition coefficient (Wildman–Crippen LogP) is 2.14. The second kappa shape index (κ2) is 14.0. The average Bonchev–Trinajstić information content (AvgIpc) is 3.68. The Balaban J connectivity index is 1.62. The number of phenols is 1. The van der Waals surface area contributed by atoms with Gasteiger partial charge in [-0.15, -0.1) is 0 Å². The van der Waals surface area contributed by atoms with Crippen molar-refractivity contribution in [1.29, 1.82) is 0 Å². The summed E-state index contributed by atoms with van der Waals surface area (Å²) in [6, 6.07) is 8.12. The molecular formula is C25H29Cl2N5O6. The van der Waals surface area contributed by atoms with E-state index in [2.05, 4.69) is 25.9 Å². The molecule has 3 atom stereocenters. The van der Waals surface area contributed by atoms with Crippen LogP contribution < -0.4 is 16.0 Å². The maximum Gasteiger partial charge on any atom is 0.328 e. The molecule has 0 spiro atoms. The Hall–Kier alpha value is -3.38. The van der Waals surface area contributed by atoms with Gasteiger partial charge >= 0.3 is 5.97 Å². The number of rotatable bonds is 13. The number of aliphatic hydroxyl groups excluding tert-OH is 1. The number of carboxylic acid groups (broad SMARTS) is 1. The number of ether oxygens (including phenoxy) is 1. The predicted molar refractivity (Wildman–Crippen MR) is 144 cm³/mol. The molecule has 2 aromatic carbocycles. The molecule has 3 rings (SSSR count). The number of aromatic hydroxyl groups is 1. The van der Waals surface area contributed by atoms with E-state index in [4.69, 9.17) is 27.9 Å². The summed E-state index contributed by atoms with van der Waals surface area (Å²) in [4.78, 5) is 32.9. The van der Waals surface area contributed by atoms with Crippen LogP contribution in [0.25, 0.3) is 0 Å². The van der Waals surface area contributed by atoms with Gasteiger partial charge in [0.15, 0.2) is 12.1 Å². The van der Waals surface area contributed by atoms with Crippen molar-refractivity contribution in [2.75, 3.05) is 26.8 Å². The van der Waals surface area contributed by atoms with Gasteiger partial charge in [0.1, 0.15) is 11.8 Å². The van der Waals surface area contributed by atoms with E-state index in [1.54, 1.807) is 37.6 Å². The van der Waals surface area contributed by atoms with Crippen molar-refractivity contribution in [1.82, 2.24) is 16.0 Å². The van der Waals surface area contributed by atoms with Crippen molar-refractivity contribution in [3.63, 3.8) is 0 Å². The molecule has 204 valence electrons. The minimum atomic E-state index is -1.32. The zero-order chi connectivity index (χ0) is 27.7. The fraction of sp³-hybridized carbons (Fsp3) is 0.360. The monoisotopic (exact) mass is 565 g/mol. The lowest BCUT2D eigenvalue weighted by Crippen LogP contribution is -2.51. The van der Waals surface area contributed by atoms with Crippen LogP contribution >= 0.6 is 23.2 Å². The van der Waals surface area contributed by atoms with Crippen LogP contribution in [-0.4, -0.2) is 78.4 Å². The number of aliphatic imine (C=N–C) groups is 2. The summed E-state index contributed by atoms with van der Waals surface area (Å²) in [5, 5.41) is 38.0. The number of aliphatic hydroxyl groups is 1. The number of halogens is 2. The van der Waals surface area contributed by atoms with E-state index in [1.165, 1.54) is 12.1 Å². The highest BCUT2D eigenvalue weighted by atomic mass is 35.5. The van der Waals surface area contributed by atoms with E-state index in [0.29, 0.717) is 43.1 Å². The average molecular weight is 566 g/mol. The number of methoxy groups -OCH3 is 1. The minimum absolute atomic E-state index is 0.0447. The third-order valence-electron chi connectivity index (χ3n) is 5.51. The van der Waals surface area contributed by atoms with Gasteiger partial charge in [-0.3, -0.25) is 9.79 Å². The summed E-state index contributed by atoms with van der Waals surface area (Å²) in [6.45, 7) is 0.668. The number of guanidine groups is 1. The second-order valence-electron chi connectivity index (χ2n) is 8.44. The highest BCUT2D eigenvalue weighted by molar-refractivity contribution is 6.39. The smallest absolute Gasteiger partial charge is 0.328 e. The largest absolute Gasteiger partial charge is 0.508 e. The zero-order valence-electron chi connectivity index (χ0n) is 20.5. The van der Waals surface area contributed by atoms with Crippen molar-refractivity contribution in [3.05, 3.63) is 63.1 Å². The van der Waals surface area contributed by atoms with Gasteiger partial charge in [-0.05, 0) is 48.2 Å². The van der Waals surface area contributed by atoms with Crippen molar-refractivity contribution >= 4 is 47.3 Å². The number of aliphatic carboxylic acids is 1. The Labute approximate surface area is 229 Å². The van der Waals surface area contributed by atoms with Gasteiger partial charge in [-0.25, -0.2) is 9.79 Å². The number of aryl methyl sites for hydroxylation is 1. The van der Waals surface area contributed by atoms with Crippen LogP contribution in [0.1, 0.15) is 34.0 Å². The number of benzene rings is 2. The highest BCUT2D eigenvalue weighted by Gasteiger charge is 2.25. The second-order valence-corrected chi connectivity index (χ2v) is 9.25. The van der Waals surface area contributed by atoms with Gasteiger partial charge in [0, 0.05) is 26.4 Å². The van der Waals surface area contributed by atoms with Gasteiger partial charge in [0.2, 0.25) is 0 Å². The molecule has 6 N–H and O–H groups in total. The van der Waals surface area contributed by atoms with Crippen LogP contribution in [0, 0.1) is 0 Å². The Bertz CT molecular complexity index is 1180. The Morgan fingerprint density at radius 2 is 1.89 bits per heavy atom. The summed E-state index contributed by atoms with van der Waals surface area (Å²) in [5.74, 6) is -1.65. The van der Waals surface area contributed by atoms with E-state index < -0.39 is 24.0 Å². The molecule has 0 bridgehead atoms. The van der Waals surface area contributed by atoms with Crippen LogP contribution in [0.15, 0.2) is 46.4 Å². The number of phenolic OH excluding ortho intramolecular Hbond substituents is 1. The molecule has 0 fully saturated rings. The van der Waals surface area contributed by atoms with E-state index in [-0.39, 0.29) is 34.1 Å². The summed E-state index contributed by atoms with van der Waals surface area (Å²) in [7, 11) is 1.55. The summed E-state index contributed by atoms with van der Waals surface area (Å²) < 4.78 is 4.99. The SMILES string of the molecule is COCCN/C(=N/C1C=N1)NC[C@H](NC(=O)c1c(Cl)cc(CCC(O)c2cccc(O)c2)cc1Cl)C(=O)O. The van der Waals surface area contributed by atoms with Gasteiger partial charge in [-0.2, -0.15) is 0 Å². The molecule has 11 nitrogen and oxygen atoms in total. The molecule has 0 saturated heterocycles. The molecule has 1 heterocycles. The number of nitrogens with zero attached hydrogens (tertiary/aromatic N) is 2. The lowest BCUT2D eigenvalue weighted by molar-refractivity contribution is -0.139. The number of carboxylic acids is 1. The fourth-order valence-electron chi connectivity index (χ4n) is 3.48. The van der Waals surface area contributed by atoms with Crippen molar-refractivity contribution in [3.8, 4) is 5.75 Å². The molecule has 38 heavy (non-hydrogen) atoms. The van der Waals surface area contributed by atoms with E-state index >= 15 is 0 Å². The van der Waals surface area contributed by atoms with Crippen molar-refractivity contribution < 1.29 is 29.6 Å². The normalized spacial score (nSPS) is 16.0. The summed E-state index contributed by atoms with van der Waals surface area (Å²) in [5.41, 5.74) is 1.19. The first-order chi connectivity index (χ1) is 18.2. The zero-order valence-corrected chi connectivity index (χ0v) is 22.0. The molecule has 13 heteroatoms. The Morgan fingerprint density at radius 3 is 2.50 bits per heavy atom. The maximum absolute atomic E-state index is 12.9. The van der Waals surface area contributed by atoms with Crippen LogP contribution in [0.2, 0.25) is 10.0 Å². The van der Waals surface area contributed by atoms with Gasteiger partial charge in [0.05, 0.1) is 28.3 Å². The molecule has 1 amide bonds. The standard InChI is InChI=1S/C25H29Cl2N5O6/c1-38-8-7-28-25(32-21-13-29-21)30-12-19(24(36)37)31-23(35)22-17(26)9-14(10-18(22)27)5-6-20(34)15-3-2-4-16(33)11-15/h2-4,9-11,13,19-21,33-34H,5-8,12H2,1H3,(H,31,35)(H,36,37)(H2,28,30,32)/t19-,20?,21?/m0/s1. The van der Waals surface area contributed by atoms with Crippen LogP contribution in [-0.2, 0) is 16.0 Å². The first-order valence-corrected chi connectivity index (χ1v) is 12.5. The summed E-state index contributed by atoms with van der Waals surface area (Å²) >= 11 is 12.7. The molecule has 0 radical (unpaired) electrons. The molecule has 0 saturated carbocycles. The number of carbonyl (C=O) groups excluding carboxylic acids is 1. The quantitative estimate of drug-likeness (QED) is 0.122. The van der Waals surface area contributed by atoms with Crippen molar-refractivity contribution in [2.24, 2.45) is 9.98 Å². The van der Waals surface area contributed by atoms with Crippen LogP contribution in [0.4, 0.5) is 0 Å². The number of nitrogens with one attached hydrogen (secondary N) is 3. The minimum Gasteiger partial charge on any atom is -0.508 e. The van der Waals surface area contributed by atoms with Gasteiger partial charge in [0.25, 0.3) is 5.91 Å². The lowest BCUT2D eigenvalue weighted by Gasteiger charge is -2.19. The first kappa shape index (κ1) is 29.2.